The minimum Gasteiger partial charge on any atom is -0.366 e. The minimum atomic E-state index is -0.211. The third kappa shape index (κ3) is 4.73. The number of benzene rings is 1. The molecule has 0 radical (unpaired) electrons. The fraction of sp³-hybridized carbons (Fsp3) is 0.500. The van der Waals surface area contributed by atoms with Crippen LogP contribution in [-0.2, 0) is 4.79 Å². The lowest BCUT2D eigenvalue weighted by atomic mass is 10.1. The van der Waals surface area contributed by atoms with Crippen LogP contribution in [0.3, 0.4) is 0 Å². The molecule has 1 atom stereocenters. The first kappa shape index (κ1) is 20.0. The molecule has 1 fully saturated rings. The standard InChI is InChI=1S/C14H20FN3O.2ClH/c1-11(10-16)14(19)18-8-6-17(7-9-18)13-5-3-2-4-12(13)15;;/h2-5,11H,6-10,16H2,1H3;2*1H. The van der Waals surface area contributed by atoms with Crippen LogP contribution in [0.1, 0.15) is 6.92 Å². The van der Waals surface area contributed by atoms with Gasteiger partial charge in [0.25, 0.3) is 0 Å². The van der Waals surface area contributed by atoms with E-state index in [2.05, 4.69) is 0 Å². The van der Waals surface area contributed by atoms with Crippen LogP contribution >= 0.6 is 24.8 Å². The fourth-order valence-corrected chi connectivity index (χ4v) is 2.29. The quantitative estimate of drug-likeness (QED) is 0.916. The van der Waals surface area contributed by atoms with Gasteiger partial charge in [0.05, 0.1) is 5.69 Å². The predicted octanol–water partition coefficient (Wildman–Crippen LogP) is 1.91. The summed E-state index contributed by atoms with van der Waals surface area (Å²) in [6.07, 6.45) is 0. The van der Waals surface area contributed by atoms with Crippen molar-refractivity contribution in [3.05, 3.63) is 30.1 Å². The third-order valence-corrected chi connectivity index (χ3v) is 3.56. The Hall–Kier alpha value is -1.04. The van der Waals surface area contributed by atoms with Gasteiger partial charge in [-0.1, -0.05) is 19.1 Å². The molecule has 0 aliphatic carbocycles. The van der Waals surface area contributed by atoms with Crippen molar-refractivity contribution in [2.75, 3.05) is 37.6 Å². The number of carbonyl (C=O) groups excluding carboxylic acids is 1. The van der Waals surface area contributed by atoms with Gasteiger partial charge in [0.15, 0.2) is 0 Å². The van der Waals surface area contributed by atoms with Gasteiger partial charge in [-0.05, 0) is 12.1 Å². The van der Waals surface area contributed by atoms with Crippen molar-refractivity contribution in [3.63, 3.8) is 0 Å². The Bertz CT molecular complexity index is 454. The highest BCUT2D eigenvalue weighted by atomic mass is 35.5. The van der Waals surface area contributed by atoms with Gasteiger partial charge >= 0.3 is 0 Å². The van der Waals surface area contributed by atoms with Crippen molar-refractivity contribution in [3.8, 4) is 0 Å². The molecule has 1 heterocycles. The van der Waals surface area contributed by atoms with Gasteiger partial charge in [0.2, 0.25) is 5.91 Å². The second-order valence-electron chi connectivity index (χ2n) is 4.90. The molecule has 2 rings (SSSR count). The number of halogens is 3. The van der Waals surface area contributed by atoms with E-state index in [0.29, 0.717) is 38.4 Å². The summed E-state index contributed by atoms with van der Waals surface area (Å²) in [7, 11) is 0. The molecule has 2 N–H and O–H groups in total. The number of anilines is 1. The number of para-hydroxylation sites is 1. The molecule has 0 aromatic heterocycles. The van der Waals surface area contributed by atoms with Gasteiger partial charge in [0.1, 0.15) is 5.82 Å². The molecule has 0 bridgehead atoms. The number of hydrogen-bond donors (Lipinski definition) is 1. The minimum absolute atomic E-state index is 0. The van der Waals surface area contributed by atoms with E-state index in [1.165, 1.54) is 6.07 Å². The molecular weight excluding hydrogens is 316 g/mol. The largest absolute Gasteiger partial charge is 0.366 e. The van der Waals surface area contributed by atoms with Gasteiger partial charge in [-0.15, -0.1) is 24.8 Å². The number of nitrogens with two attached hydrogens (primary N) is 1. The Labute approximate surface area is 137 Å². The van der Waals surface area contributed by atoms with Gasteiger partial charge < -0.3 is 15.5 Å². The topological polar surface area (TPSA) is 49.6 Å². The van der Waals surface area contributed by atoms with E-state index >= 15 is 0 Å². The maximum Gasteiger partial charge on any atom is 0.226 e. The monoisotopic (exact) mass is 337 g/mol. The zero-order valence-corrected chi connectivity index (χ0v) is 13.6. The summed E-state index contributed by atoms with van der Waals surface area (Å²) >= 11 is 0. The van der Waals surface area contributed by atoms with E-state index in [9.17, 15) is 9.18 Å². The van der Waals surface area contributed by atoms with E-state index < -0.39 is 0 Å². The molecule has 1 unspecified atom stereocenters. The number of carbonyl (C=O) groups is 1. The normalized spacial score (nSPS) is 15.8. The highest BCUT2D eigenvalue weighted by Gasteiger charge is 2.25. The summed E-state index contributed by atoms with van der Waals surface area (Å²) in [5, 5.41) is 0. The molecule has 1 saturated heterocycles. The zero-order valence-electron chi connectivity index (χ0n) is 12.0. The van der Waals surface area contributed by atoms with E-state index in [0.717, 1.165) is 0 Å². The highest BCUT2D eigenvalue weighted by Crippen LogP contribution is 2.20. The molecule has 0 saturated carbocycles. The maximum absolute atomic E-state index is 13.7. The lowest BCUT2D eigenvalue weighted by Gasteiger charge is -2.37. The van der Waals surface area contributed by atoms with Crippen molar-refractivity contribution in [2.24, 2.45) is 11.7 Å². The summed E-state index contributed by atoms with van der Waals surface area (Å²) in [6.45, 7) is 4.76. The van der Waals surface area contributed by atoms with Crippen LogP contribution in [0.2, 0.25) is 0 Å². The second kappa shape index (κ2) is 9.07. The Morgan fingerprint density at radius 1 is 1.24 bits per heavy atom. The molecule has 1 amide bonds. The molecule has 7 heteroatoms. The zero-order chi connectivity index (χ0) is 13.8. The molecule has 4 nitrogen and oxygen atoms in total. The summed E-state index contributed by atoms with van der Waals surface area (Å²) in [5.41, 5.74) is 6.12. The number of nitrogens with zero attached hydrogens (tertiary/aromatic N) is 2. The Balaban J connectivity index is 0.00000200. The molecule has 1 aliphatic heterocycles. The molecule has 1 aromatic rings. The first-order chi connectivity index (χ1) is 9.13. The van der Waals surface area contributed by atoms with Crippen molar-refractivity contribution in [2.45, 2.75) is 6.92 Å². The van der Waals surface area contributed by atoms with Crippen LogP contribution in [0.5, 0.6) is 0 Å². The SMILES string of the molecule is CC(CN)C(=O)N1CCN(c2ccccc2F)CC1.Cl.Cl. The molecule has 120 valence electrons. The van der Waals surface area contributed by atoms with E-state index in [1.807, 2.05) is 22.8 Å². The summed E-state index contributed by atoms with van der Waals surface area (Å²) in [4.78, 5) is 15.8. The molecule has 1 aromatic carbocycles. The number of hydrogen-bond acceptors (Lipinski definition) is 3. The first-order valence-electron chi connectivity index (χ1n) is 6.62. The maximum atomic E-state index is 13.7. The van der Waals surface area contributed by atoms with Gasteiger partial charge in [-0.25, -0.2) is 4.39 Å². The predicted molar refractivity (Wildman–Crippen MR) is 87.9 cm³/mol. The number of rotatable bonds is 3. The van der Waals surface area contributed by atoms with Crippen molar-refractivity contribution in [1.82, 2.24) is 4.90 Å². The first-order valence-corrected chi connectivity index (χ1v) is 6.62. The van der Waals surface area contributed by atoms with E-state index in [4.69, 9.17) is 5.73 Å². The van der Waals surface area contributed by atoms with Crippen LogP contribution in [0, 0.1) is 11.7 Å². The Morgan fingerprint density at radius 2 is 1.81 bits per heavy atom. The van der Waals surface area contributed by atoms with E-state index in [-0.39, 0.29) is 42.5 Å². The van der Waals surface area contributed by atoms with Crippen LogP contribution < -0.4 is 10.6 Å². The van der Waals surface area contributed by atoms with Crippen molar-refractivity contribution >= 4 is 36.4 Å². The summed E-state index contributed by atoms with van der Waals surface area (Å²) < 4.78 is 13.7. The van der Waals surface area contributed by atoms with Crippen molar-refractivity contribution in [1.29, 1.82) is 0 Å². The van der Waals surface area contributed by atoms with Gasteiger partial charge in [-0.3, -0.25) is 4.79 Å². The fourth-order valence-electron chi connectivity index (χ4n) is 2.29. The average Bonchev–Trinajstić information content (AvgIpc) is 2.46. The van der Waals surface area contributed by atoms with Crippen molar-refractivity contribution < 1.29 is 9.18 Å². The van der Waals surface area contributed by atoms with Gasteiger partial charge in [0, 0.05) is 38.6 Å². The van der Waals surface area contributed by atoms with E-state index in [1.54, 1.807) is 12.1 Å². The average molecular weight is 338 g/mol. The van der Waals surface area contributed by atoms with Crippen LogP contribution in [0.25, 0.3) is 0 Å². The number of piperazine rings is 1. The van der Waals surface area contributed by atoms with Crippen LogP contribution in [0.4, 0.5) is 10.1 Å². The Kier molecular flexibility index (Phi) is 8.63. The lowest BCUT2D eigenvalue weighted by molar-refractivity contribution is -0.134. The molecular formula is C14H22Cl2FN3O. The highest BCUT2D eigenvalue weighted by molar-refractivity contribution is 5.85. The summed E-state index contributed by atoms with van der Waals surface area (Å²) in [5.74, 6) is -0.256. The van der Waals surface area contributed by atoms with Crippen LogP contribution in [0.15, 0.2) is 24.3 Å². The third-order valence-electron chi connectivity index (χ3n) is 3.56. The lowest BCUT2D eigenvalue weighted by Crippen LogP contribution is -2.51. The smallest absolute Gasteiger partial charge is 0.226 e. The number of amides is 1. The Morgan fingerprint density at radius 3 is 2.33 bits per heavy atom. The molecule has 1 aliphatic rings. The van der Waals surface area contributed by atoms with Crippen LogP contribution in [-0.4, -0.2) is 43.5 Å². The molecule has 21 heavy (non-hydrogen) atoms. The second-order valence-corrected chi connectivity index (χ2v) is 4.90. The molecule has 0 spiro atoms. The summed E-state index contributed by atoms with van der Waals surface area (Å²) in [6, 6.07) is 6.74. The van der Waals surface area contributed by atoms with Gasteiger partial charge in [-0.2, -0.15) is 0 Å².